The zero-order valence-electron chi connectivity index (χ0n) is 14.4. The Bertz CT molecular complexity index is 564. The molecule has 0 bridgehead atoms. The summed E-state index contributed by atoms with van der Waals surface area (Å²) in [4.78, 5) is 24.2. The van der Waals surface area contributed by atoms with Gasteiger partial charge >= 0.3 is 6.09 Å². The number of carbonyl (C=O) groups is 2. The Kier molecular flexibility index (Phi) is 5.83. The molecule has 1 aromatic rings. The first kappa shape index (κ1) is 18.3. The molecule has 1 aromatic carbocycles. The Morgan fingerprint density at radius 2 is 1.88 bits per heavy atom. The zero-order valence-corrected chi connectivity index (χ0v) is 14.4. The van der Waals surface area contributed by atoms with Gasteiger partial charge in [0.1, 0.15) is 5.60 Å². The van der Waals surface area contributed by atoms with Gasteiger partial charge in [-0.05, 0) is 45.6 Å². The molecule has 3 N–H and O–H groups in total. The van der Waals surface area contributed by atoms with Crippen LogP contribution >= 0.6 is 0 Å². The van der Waals surface area contributed by atoms with Gasteiger partial charge in [-0.2, -0.15) is 0 Å². The highest BCUT2D eigenvalue weighted by Crippen LogP contribution is 2.19. The highest BCUT2D eigenvalue weighted by atomic mass is 16.6. The Balaban J connectivity index is 2.04. The maximum Gasteiger partial charge on any atom is 0.407 e. The van der Waals surface area contributed by atoms with E-state index in [2.05, 4.69) is 10.6 Å². The summed E-state index contributed by atoms with van der Waals surface area (Å²) in [5.41, 5.74) is 0.264. The van der Waals surface area contributed by atoms with Gasteiger partial charge < -0.3 is 20.5 Å². The van der Waals surface area contributed by atoms with Gasteiger partial charge in [0.05, 0.1) is 6.04 Å². The summed E-state index contributed by atoms with van der Waals surface area (Å²) < 4.78 is 5.24. The van der Waals surface area contributed by atoms with Crippen LogP contribution in [0.1, 0.15) is 39.2 Å². The second-order valence-corrected chi connectivity index (χ2v) is 7.17. The summed E-state index contributed by atoms with van der Waals surface area (Å²) in [6.07, 6.45) is 0.210. The SMILES string of the molecule is CC(C)(C)OC(=O)NC(Cc1ccccc1)C(O)C(=O)NC1CC1. The van der Waals surface area contributed by atoms with Crippen LogP contribution in [0.25, 0.3) is 0 Å². The number of nitrogens with one attached hydrogen (secondary N) is 2. The van der Waals surface area contributed by atoms with Crippen LogP contribution in [-0.4, -0.2) is 40.9 Å². The Morgan fingerprint density at radius 1 is 1.25 bits per heavy atom. The first-order chi connectivity index (χ1) is 11.2. The van der Waals surface area contributed by atoms with Crippen LogP contribution in [0.4, 0.5) is 4.79 Å². The molecular formula is C18H26N2O4. The lowest BCUT2D eigenvalue weighted by molar-refractivity contribution is -0.130. The molecule has 0 radical (unpaired) electrons. The van der Waals surface area contributed by atoms with Crippen molar-refractivity contribution >= 4 is 12.0 Å². The predicted molar refractivity (Wildman–Crippen MR) is 90.5 cm³/mol. The van der Waals surface area contributed by atoms with Crippen molar-refractivity contribution in [3.8, 4) is 0 Å². The predicted octanol–water partition coefficient (Wildman–Crippen LogP) is 1.76. The summed E-state index contributed by atoms with van der Waals surface area (Å²) in [6, 6.07) is 8.78. The third-order valence-electron chi connectivity index (χ3n) is 3.57. The number of benzene rings is 1. The van der Waals surface area contributed by atoms with Gasteiger partial charge in [0, 0.05) is 6.04 Å². The monoisotopic (exact) mass is 334 g/mol. The molecule has 1 fully saturated rings. The van der Waals surface area contributed by atoms with Gasteiger partial charge in [0.15, 0.2) is 6.10 Å². The normalized spacial score (nSPS) is 16.8. The van der Waals surface area contributed by atoms with Crippen molar-refractivity contribution in [1.82, 2.24) is 10.6 Å². The van der Waals surface area contributed by atoms with Crippen molar-refractivity contribution < 1.29 is 19.4 Å². The lowest BCUT2D eigenvalue weighted by Crippen LogP contribution is -2.52. The van der Waals surface area contributed by atoms with Gasteiger partial charge in [-0.3, -0.25) is 4.79 Å². The van der Waals surface area contributed by atoms with Crippen LogP contribution in [0.15, 0.2) is 30.3 Å². The van der Waals surface area contributed by atoms with Gasteiger partial charge in [0.25, 0.3) is 5.91 Å². The first-order valence-corrected chi connectivity index (χ1v) is 8.26. The summed E-state index contributed by atoms with van der Waals surface area (Å²) >= 11 is 0. The molecule has 6 nitrogen and oxygen atoms in total. The van der Waals surface area contributed by atoms with Crippen LogP contribution in [0, 0.1) is 0 Å². The molecule has 0 aliphatic heterocycles. The highest BCUT2D eigenvalue weighted by molar-refractivity contribution is 5.82. The number of amides is 2. The number of rotatable bonds is 6. The van der Waals surface area contributed by atoms with Crippen LogP contribution in [0.5, 0.6) is 0 Å². The minimum Gasteiger partial charge on any atom is -0.444 e. The van der Waals surface area contributed by atoms with Crippen LogP contribution < -0.4 is 10.6 Å². The summed E-state index contributed by atoms with van der Waals surface area (Å²) in [5.74, 6) is -0.463. The van der Waals surface area contributed by atoms with E-state index in [-0.39, 0.29) is 6.04 Å². The second-order valence-electron chi connectivity index (χ2n) is 7.17. The van der Waals surface area contributed by atoms with Gasteiger partial charge in [-0.15, -0.1) is 0 Å². The van der Waals surface area contributed by atoms with Crippen LogP contribution in [0.3, 0.4) is 0 Å². The zero-order chi connectivity index (χ0) is 17.7. The molecule has 0 saturated heterocycles. The largest absolute Gasteiger partial charge is 0.444 e. The third-order valence-corrected chi connectivity index (χ3v) is 3.57. The fourth-order valence-corrected chi connectivity index (χ4v) is 2.27. The summed E-state index contributed by atoms with van der Waals surface area (Å²) in [5, 5.41) is 15.8. The molecule has 0 spiro atoms. The molecule has 24 heavy (non-hydrogen) atoms. The van der Waals surface area contributed by atoms with Crippen molar-refractivity contribution in [2.24, 2.45) is 0 Å². The number of alkyl carbamates (subject to hydrolysis) is 1. The minimum absolute atomic E-state index is 0.144. The van der Waals surface area contributed by atoms with E-state index < -0.39 is 29.7 Å². The van der Waals surface area contributed by atoms with Crippen molar-refractivity contribution in [3.05, 3.63) is 35.9 Å². The molecule has 0 heterocycles. The van der Waals surface area contributed by atoms with E-state index in [1.54, 1.807) is 20.8 Å². The maximum absolute atomic E-state index is 12.1. The quantitative estimate of drug-likeness (QED) is 0.740. The van der Waals surface area contributed by atoms with Gasteiger partial charge in [-0.1, -0.05) is 30.3 Å². The Morgan fingerprint density at radius 3 is 2.42 bits per heavy atom. The molecule has 132 valence electrons. The average Bonchev–Trinajstić information content (AvgIpc) is 3.29. The van der Waals surface area contributed by atoms with Crippen LogP contribution in [-0.2, 0) is 16.0 Å². The molecule has 0 aromatic heterocycles. The molecule has 2 rings (SSSR count). The fraction of sp³-hybridized carbons (Fsp3) is 0.556. The van der Waals surface area contributed by atoms with E-state index in [0.717, 1.165) is 18.4 Å². The van der Waals surface area contributed by atoms with Gasteiger partial charge in [-0.25, -0.2) is 4.79 Å². The first-order valence-electron chi connectivity index (χ1n) is 8.26. The van der Waals surface area contributed by atoms with E-state index in [1.165, 1.54) is 0 Å². The number of hydrogen-bond acceptors (Lipinski definition) is 4. The van der Waals surface area contributed by atoms with Gasteiger partial charge in [0.2, 0.25) is 0 Å². The van der Waals surface area contributed by atoms with E-state index in [0.29, 0.717) is 6.42 Å². The highest BCUT2D eigenvalue weighted by Gasteiger charge is 2.32. The second kappa shape index (κ2) is 7.66. The molecule has 2 amide bonds. The van der Waals surface area contributed by atoms with E-state index in [9.17, 15) is 14.7 Å². The number of ether oxygens (including phenoxy) is 1. The van der Waals surface area contributed by atoms with Crippen LogP contribution in [0.2, 0.25) is 0 Å². The standard InChI is InChI=1S/C18H26N2O4/c1-18(2,3)24-17(23)20-14(11-12-7-5-4-6-8-12)15(21)16(22)19-13-9-10-13/h4-8,13-15,21H,9-11H2,1-3H3,(H,19,22)(H,20,23). The summed E-state index contributed by atoms with van der Waals surface area (Å²) in [6.45, 7) is 5.28. The number of carbonyl (C=O) groups excluding carboxylic acids is 2. The molecule has 6 heteroatoms. The van der Waals surface area contributed by atoms with E-state index >= 15 is 0 Å². The summed E-state index contributed by atoms with van der Waals surface area (Å²) in [7, 11) is 0. The molecule has 2 atom stereocenters. The Labute approximate surface area is 142 Å². The van der Waals surface area contributed by atoms with Crippen molar-refractivity contribution in [3.63, 3.8) is 0 Å². The average molecular weight is 334 g/mol. The smallest absolute Gasteiger partial charge is 0.407 e. The molecule has 1 saturated carbocycles. The van der Waals surface area contributed by atoms with Crippen molar-refractivity contribution in [2.45, 2.75) is 63.8 Å². The molecule has 1 aliphatic rings. The number of aliphatic hydroxyl groups is 1. The molecule has 2 unspecified atom stereocenters. The lowest BCUT2D eigenvalue weighted by Gasteiger charge is -2.26. The molecule has 1 aliphatic carbocycles. The lowest BCUT2D eigenvalue weighted by atomic mass is 10.0. The van der Waals surface area contributed by atoms with E-state index in [1.807, 2.05) is 30.3 Å². The maximum atomic E-state index is 12.1. The number of hydrogen-bond donors (Lipinski definition) is 3. The molecular weight excluding hydrogens is 308 g/mol. The fourth-order valence-electron chi connectivity index (χ4n) is 2.27. The van der Waals surface area contributed by atoms with Crippen molar-refractivity contribution in [1.29, 1.82) is 0 Å². The third kappa shape index (κ3) is 6.20. The van der Waals surface area contributed by atoms with E-state index in [4.69, 9.17) is 4.74 Å². The van der Waals surface area contributed by atoms with Crippen molar-refractivity contribution in [2.75, 3.05) is 0 Å². The number of aliphatic hydroxyl groups excluding tert-OH is 1. The topological polar surface area (TPSA) is 87.7 Å². The Hall–Kier alpha value is -2.08. The minimum atomic E-state index is -1.33.